The summed E-state index contributed by atoms with van der Waals surface area (Å²) in [6.07, 6.45) is 0. The third kappa shape index (κ3) is 3.85. The number of anilines is 1. The Morgan fingerprint density at radius 3 is 2.52 bits per heavy atom. The van der Waals surface area contributed by atoms with Crippen molar-refractivity contribution in [3.63, 3.8) is 0 Å². The van der Waals surface area contributed by atoms with Gasteiger partial charge in [0.2, 0.25) is 0 Å². The number of ketones is 1. The molecule has 0 atom stereocenters. The Morgan fingerprint density at radius 2 is 1.74 bits per heavy atom. The predicted molar refractivity (Wildman–Crippen MR) is 103 cm³/mol. The first kappa shape index (κ1) is 17.7. The molecule has 0 N–H and O–H groups in total. The molecule has 2 aliphatic rings. The van der Waals surface area contributed by atoms with Crippen molar-refractivity contribution in [2.45, 2.75) is 0 Å². The van der Waals surface area contributed by atoms with Gasteiger partial charge in [0.25, 0.3) is 0 Å². The molecule has 0 saturated carbocycles. The molecule has 4 rings (SSSR count). The second-order valence-corrected chi connectivity index (χ2v) is 6.72. The van der Waals surface area contributed by atoms with Crippen LogP contribution in [0, 0.1) is 0 Å². The molecule has 0 unspecified atom stereocenters. The number of fused-ring (bicyclic) bond motifs is 1. The van der Waals surface area contributed by atoms with Crippen molar-refractivity contribution in [2.24, 2.45) is 0 Å². The molecule has 0 bridgehead atoms. The van der Waals surface area contributed by atoms with Gasteiger partial charge in [-0.2, -0.15) is 0 Å². The lowest BCUT2D eigenvalue weighted by Gasteiger charge is -2.36. The number of piperazine rings is 1. The maximum atomic E-state index is 12.7. The van der Waals surface area contributed by atoms with Crippen LogP contribution in [0.15, 0.2) is 42.5 Å². The number of nitrogens with zero attached hydrogens (tertiary/aromatic N) is 2. The Balaban J connectivity index is 1.36. The highest BCUT2D eigenvalue weighted by atomic mass is 16.6. The van der Waals surface area contributed by atoms with Gasteiger partial charge in [-0.05, 0) is 30.3 Å². The standard InChI is InChI=1S/C21H24N2O4/c1-25-19-5-3-2-4-17(19)23-10-8-22(9-11-23)15-18(24)16-6-7-20-21(14-16)27-13-12-26-20/h2-7,14H,8-13,15H2,1H3. The Labute approximate surface area is 159 Å². The minimum atomic E-state index is 0.109. The zero-order valence-corrected chi connectivity index (χ0v) is 15.5. The molecule has 6 nitrogen and oxygen atoms in total. The van der Waals surface area contributed by atoms with E-state index in [0.29, 0.717) is 36.8 Å². The lowest BCUT2D eigenvalue weighted by atomic mass is 10.1. The zero-order chi connectivity index (χ0) is 18.6. The van der Waals surface area contributed by atoms with Gasteiger partial charge in [-0.15, -0.1) is 0 Å². The van der Waals surface area contributed by atoms with Crippen molar-refractivity contribution < 1.29 is 19.0 Å². The average Bonchev–Trinajstić information content (AvgIpc) is 2.74. The van der Waals surface area contributed by atoms with Gasteiger partial charge in [0.15, 0.2) is 17.3 Å². The molecule has 0 aliphatic carbocycles. The van der Waals surface area contributed by atoms with Gasteiger partial charge >= 0.3 is 0 Å². The number of methoxy groups -OCH3 is 1. The summed E-state index contributed by atoms with van der Waals surface area (Å²) in [6, 6.07) is 13.5. The number of hydrogen-bond acceptors (Lipinski definition) is 6. The molecule has 2 aromatic carbocycles. The third-order valence-electron chi connectivity index (χ3n) is 5.03. The van der Waals surface area contributed by atoms with E-state index in [1.807, 2.05) is 30.3 Å². The molecule has 6 heteroatoms. The number of benzene rings is 2. The van der Waals surface area contributed by atoms with Crippen LogP contribution in [0.25, 0.3) is 0 Å². The normalized spacial score (nSPS) is 16.9. The Morgan fingerprint density at radius 1 is 1.00 bits per heavy atom. The molecule has 1 saturated heterocycles. The molecule has 27 heavy (non-hydrogen) atoms. The smallest absolute Gasteiger partial charge is 0.176 e. The zero-order valence-electron chi connectivity index (χ0n) is 15.5. The van der Waals surface area contributed by atoms with E-state index in [4.69, 9.17) is 14.2 Å². The fraction of sp³-hybridized carbons (Fsp3) is 0.381. The molecule has 0 radical (unpaired) electrons. The Kier molecular flexibility index (Phi) is 5.16. The average molecular weight is 368 g/mol. The van der Waals surface area contributed by atoms with Crippen LogP contribution in [0.5, 0.6) is 17.2 Å². The summed E-state index contributed by atoms with van der Waals surface area (Å²) in [4.78, 5) is 17.2. The number of carbonyl (C=O) groups excluding carboxylic acids is 1. The van der Waals surface area contributed by atoms with E-state index >= 15 is 0 Å². The number of carbonyl (C=O) groups is 1. The number of ether oxygens (including phenoxy) is 3. The molecule has 0 aromatic heterocycles. The SMILES string of the molecule is COc1ccccc1N1CCN(CC(=O)c2ccc3c(c2)OCCO3)CC1. The number of hydrogen-bond donors (Lipinski definition) is 0. The van der Waals surface area contributed by atoms with Crippen LogP contribution < -0.4 is 19.1 Å². The molecular weight excluding hydrogens is 344 g/mol. The van der Waals surface area contributed by atoms with Gasteiger partial charge in [0, 0.05) is 31.7 Å². The van der Waals surface area contributed by atoms with Crippen LogP contribution in [0.1, 0.15) is 10.4 Å². The van der Waals surface area contributed by atoms with Crippen LogP contribution in [-0.4, -0.2) is 63.7 Å². The topological polar surface area (TPSA) is 51.2 Å². The molecule has 1 fully saturated rings. The first-order chi connectivity index (χ1) is 13.2. The highest BCUT2D eigenvalue weighted by Gasteiger charge is 2.22. The highest BCUT2D eigenvalue weighted by molar-refractivity contribution is 5.98. The van der Waals surface area contributed by atoms with Crippen LogP contribution >= 0.6 is 0 Å². The van der Waals surface area contributed by atoms with Crippen molar-refractivity contribution in [1.82, 2.24) is 4.90 Å². The predicted octanol–water partition coefficient (Wildman–Crippen LogP) is 2.47. The Bertz CT molecular complexity index is 816. The van der Waals surface area contributed by atoms with E-state index in [1.165, 1.54) is 0 Å². The van der Waals surface area contributed by atoms with Crippen LogP contribution in [-0.2, 0) is 0 Å². The second kappa shape index (κ2) is 7.88. The van der Waals surface area contributed by atoms with Crippen LogP contribution in [0.4, 0.5) is 5.69 Å². The van der Waals surface area contributed by atoms with Gasteiger partial charge in [-0.3, -0.25) is 9.69 Å². The summed E-state index contributed by atoms with van der Waals surface area (Å²) in [5.41, 5.74) is 1.78. The second-order valence-electron chi connectivity index (χ2n) is 6.72. The van der Waals surface area contributed by atoms with Gasteiger partial charge < -0.3 is 19.1 Å². The van der Waals surface area contributed by atoms with E-state index in [-0.39, 0.29) is 5.78 Å². The summed E-state index contributed by atoms with van der Waals surface area (Å²) in [7, 11) is 1.70. The molecule has 142 valence electrons. The first-order valence-corrected chi connectivity index (χ1v) is 9.28. The molecule has 2 heterocycles. The summed E-state index contributed by atoms with van der Waals surface area (Å²) >= 11 is 0. The minimum absolute atomic E-state index is 0.109. The van der Waals surface area contributed by atoms with Crippen LogP contribution in [0.3, 0.4) is 0 Å². The van der Waals surface area contributed by atoms with E-state index < -0.39 is 0 Å². The van der Waals surface area contributed by atoms with Crippen molar-refractivity contribution in [3.8, 4) is 17.2 Å². The molecule has 2 aliphatic heterocycles. The van der Waals surface area contributed by atoms with Crippen molar-refractivity contribution >= 4 is 11.5 Å². The maximum absolute atomic E-state index is 12.7. The largest absolute Gasteiger partial charge is 0.495 e. The number of para-hydroxylation sites is 2. The van der Waals surface area contributed by atoms with Gasteiger partial charge in [-0.25, -0.2) is 0 Å². The minimum Gasteiger partial charge on any atom is -0.495 e. The van der Waals surface area contributed by atoms with Crippen molar-refractivity contribution in [3.05, 3.63) is 48.0 Å². The van der Waals surface area contributed by atoms with E-state index in [0.717, 1.165) is 37.6 Å². The van der Waals surface area contributed by atoms with Gasteiger partial charge in [0.05, 0.1) is 19.3 Å². The van der Waals surface area contributed by atoms with E-state index in [2.05, 4.69) is 15.9 Å². The van der Waals surface area contributed by atoms with E-state index in [1.54, 1.807) is 13.2 Å². The monoisotopic (exact) mass is 368 g/mol. The lowest BCUT2D eigenvalue weighted by Crippen LogP contribution is -2.48. The molecular formula is C21H24N2O4. The summed E-state index contributed by atoms with van der Waals surface area (Å²) in [5, 5.41) is 0. The fourth-order valence-corrected chi connectivity index (χ4v) is 3.55. The molecule has 0 amide bonds. The summed E-state index contributed by atoms with van der Waals surface area (Å²) in [5.74, 6) is 2.37. The molecule has 2 aromatic rings. The van der Waals surface area contributed by atoms with Crippen molar-refractivity contribution in [1.29, 1.82) is 0 Å². The van der Waals surface area contributed by atoms with Crippen molar-refractivity contribution in [2.75, 3.05) is 57.9 Å². The maximum Gasteiger partial charge on any atom is 0.176 e. The third-order valence-corrected chi connectivity index (χ3v) is 5.03. The fourth-order valence-electron chi connectivity index (χ4n) is 3.55. The quantitative estimate of drug-likeness (QED) is 0.756. The van der Waals surface area contributed by atoms with Crippen LogP contribution in [0.2, 0.25) is 0 Å². The van der Waals surface area contributed by atoms with E-state index in [9.17, 15) is 4.79 Å². The summed E-state index contributed by atoms with van der Waals surface area (Å²) in [6.45, 7) is 4.91. The summed E-state index contributed by atoms with van der Waals surface area (Å²) < 4.78 is 16.6. The van der Waals surface area contributed by atoms with Gasteiger partial charge in [-0.1, -0.05) is 12.1 Å². The number of Topliss-reactive ketones (excluding diaryl/α,β-unsaturated/α-hetero) is 1. The first-order valence-electron chi connectivity index (χ1n) is 9.28. The number of rotatable bonds is 5. The highest BCUT2D eigenvalue weighted by Crippen LogP contribution is 2.31. The molecule has 0 spiro atoms. The lowest BCUT2D eigenvalue weighted by molar-refractivity contribution is 0.0925. The Hall–Kier alpha value is -2.73. The van der Waals surface area contributed by atoms with Gasteiger partial charge in [0.1, 0.15) is 19.0 Å².